The molecule has 156 valence electrons. The number of hydrogen-bond donors (Lipinski definition) is 2. The van der Waals surface area contributed by atoms with Crippen molar-refractivity contribution in [1.29, 1.82) is 0 Å². The van der Waals surface area contributed by atoms with Crippen molar-refractivity contribution in [2.24, 2.45) is 5.41 Å². The molecule has 2 aromatic rings. The van der Waals surface area contributed by atoms with Gasteiger partial charge in [-0.2, -0.15) is 0 Å². The second-order valence-electron chi connectivity index (χ2n) is 9.36. The van der Waals surface area contributed by atoms with E-state index in [2.05, 4.69) is 24.5 Å². The van der Waals surface area contributed by atoms with E-state index >= 15 is 0 Å². The summed E-state index contributed by atoms with van der Waals surface area (Å²) >= 11 is 0. The molecule has 2 heterocycles. The van der Waals surface area contributed by atoms with Crippen LogP contribution in [-0.2, 0) is 9.59 Å². The van der Waals surface area contributed by atoms with Crippen molar-refractivity contribution in [3.63, 3.8) is 0 Å². The standard InChI is InChI=1S/C24H27N3O3/c1-24(2)12-17-22(19(28)13-24)23(20-8-5-11-30-20)27(14-21(29)25-15-9-10-15)18-7-4-3-6-16(18)26-17/h3-8,11,15,23,26H,9-10,12-14H2,1-2H3,(H,25,29). The highest BCUT2D eigenvalue weighted by Gasteiger charge is 2.43. The molecule has 6 heteroatoms. The normalized spacial score (nSPS) is 22.7. The van der Waals surface area contributed by atoms with Crippen LogP contribution in [0.5, 0.6) is 0 Å². The van der Waals surface area contributed by atoms with Crippen molar-refractivity contribution in [2.45, 2.75) is 51.6 Å². The van der Waals surface area contributed by atoms with Gasteiger partial charge in [0.25, 0.3) is 0 Å². The smallest absolute Gasteiger partial charge is 0.239 e. The number of carbonyl (C=O) groups is 2. The first kappa shape index (κ1) is 19.0. The van der Waals surface area contributed by atoms with Crippen LogP contribution in [0.3, 0.4) is 0 Å². The largest absolute Gasteiger partial charge is 0.467 e. The first-order chi connectivity index (χ1) is 14.4. The Bertz CT molecular complexity index is 1020. The number of carbonyl (C=O) groups excluding carboxylic acids is 2. The van der Waals surface area contributed by atoms with Crippen molar-refractivity contribution in [1.82, 2.24) is 5.32 Å². The van der Waals surface area contributed by atoms with Crippen molar-refractivity contribution in [3.05, 3.63) is 59.7 Å². The average molecular weight is 405 g/mol. The van der Waals surface area contributed by atoms with Crippen LogP contribution in [0.25, 0.3) is 0 Å². The van der Waals surface area contributed by atoms with Gasteiger partial charge in [-0.15, -0.1) is 0 Å². The molecule has 0 bridgehead atoms. The molecule has 2 aliphatic carbocycles. The fraction of sp³-hybridized carbons (Fsp3) is 0.417. The van der Waals surface area contributed by atoms with Gasteiger partial charge in [-0.1, -0.05) is 26.0 Å². The Balaban J connectivity index is 1.65. The summed E-state index contributed by atoms with van der Waals surface area (Å²) in [6, 6.07) is 11.5. The van der Waals surface area contributed by atoms with Crippen molar-refractivity contribution >= 4 is 23.1 Å². The number of benzene rings is 1. The predicted octanol–water partition coefficient (Wildman–Crippen LogP) is 4.17. The number of anilines is 2. The van der Waals surface area contributed by atoms with Crippen LogP contribution in [0.4, 0.5) is 11.4 Å². The first-order valence-electron chi connectivity index (χ1n) is 10.6. The van der Waals surface area contributed by atoms with E-state index in [-0.39, 0.29) is 29.7 Å². The molecule has 1 aromatic heterocycles. The number of rotatable bonds is 4. The maximum absolute atomic E-state index is 13.4. The van der Waals surface area contributed by atoms with E-state index in [0.29, 0.717) is 17.8 Å². The van der Waals surface area contributed by atoms with Gasteiger partial charge in [0.2, 0.25) is 5.91 Å². The lowest BCUT2D eigenvalue weighted by Crippen LogP contribution is -2.42. The van der Waals surface area contributed by atoms with Gasteiger partial charge in [-0.25, -0.2) is 0 Å². The number of hydrogen-bond acceptors (Lipinski definition) is 5. The van der Waals surface area contributed by atoms with Gasteiger partial charge < -0.3 is 20.0 Å². The van der Waals surface area contributed by atoms with Gasteiger partial charge in [-0.05, 0) is 48.9 Å². The Labute approximate surface area is 176 Å². The highest BCUT2D eigenvalue weighted by atomic mass is 16.3. The van der Waals surface area contributed by atoms with Crippen molar-refractivity contribution in [2.75, 3.05) is 16.8 Å². The summed E-state index contributed by atoms with van der Waals surface area (Å²) in [7, 11) is 0. The minimum atomic E-state index is -0.445. The van der Waals surface area contributed by atoms with Gasteiger partial charge in [0.15, 0.2) is 5.78 Å². The zero-order chi connectivity index (χ0) is 20.9. The number of ketones is 1. The first-order valence-corrected chi connectivity index (χ1v) is 10.6. The lowest BCUT2D eigenvalue weighted by molar-refractivity contribution is -0.121. The molecule has 1 saturated carbocycles. The lowest BCUT2D eigenvalue weighted by Gasteiger charge is -2.36. The maximum atomic E-state index is 13.4. The lowest BCUT2D eigenvalue weighted by atomic mass is 9.74. The molecule has 1 aromatic carbocycles. The van der Waals surface area contributed by atoms with Gasteiger partial charge in [0.1, 0.15) is 11.8 Å². The molecule has 0 spiro atoms. The Kier molecular flexibility index (Phi) is 4.45. The van der Waals surface area contributed by atoms with E-state index in [1.54, 1.807) is 6.26 Å². The summed E-state index contributed by atoms with van der Waals surface area (Å²) in [5.74, 6) is 0.750. The van der Waals surface area contributed by atoms with Gasteiger partial charge in [0.05, 0.1) is 24.2 Å². The van der Waals surface area contributed by atoms with Crippen LogP contribution in [0.15, 0.2) is 58.3 Å². The number of Topliss-reactive ketones (excluding diaryl/α,β-unsaturated/α-hetero) is 1. The highest BCUT2D eigenvalue weighted by Crippen LogP contribution is 2.48. The summed E-state index contributed by atoms with van der Waals surface area (Å²) in [5, 5.41) is 6.62. The molecular weight excluding hydrogens is 378 g/mol. The molecule has 1 aliphatic heterocycles. The number of allylic oxidation sites excluding steroid dienone is 1. The molecule has 1 atom stereocenters. The Morgan fingerprint density at radius 3 is 2.73 bits per heavy atom. The number of furan rings is 1. The van der Waals surface area contributed by atoms with E-state index in [0.717, 1.165) is 36.3 Å². The predicted molar refractivity (Wildman–Crippen MR) is 115 cm³/mol. The van der Waals surface area contributed by atoms with Crippen LogP contribution in [0.1, 0.15) is 51.3 Å². The van der Waals surface area contributed by atoms with Crippen LogP contribution in [0, 0.1) is 5.41 Å². The minimum absolute atomic E-state index is 0.0310. The molecule has 30 heavy (non-hydrogen) atoms. The van der Waals surface area contributed by atoms with Crippen LogP contribution >= 0.6 is 0 Å². The third-order valence-electron chi connectivity index (χ3n) is 6.07. The molecule has 1 unspecified atom stereocenters. The monoisotopic (exact) mass is 405 g/mol. The molecule has 1 amide bonds. The number of nitrogens with one attached hydrogen (secondary N) is 2. The summed E-state index contributed by atoms with van der Waals surface area (Å²) in [4.78, 5) is 28.3. The summed E-state index contributed by atoms with van der Waals surface area (Å²) in [5.41, 5.74) is 3.31. The quantitative estimate of drug-likeness (QED) is 0.798. The van der Waals surface area contributed by atoms with Gasteiger partial charge in [0, 0.05) is 23.7 Å². The van der Waals surface area contributed by atoms with Crippen molar-refractivity contribution in [3.8, 4) is 0 Å². The molecule has 1 fully saturated rings. The summed E-state index contributed by atoms with van der Waals surface area (Å²) < 4.78 is 5.81. The third-order valence-corrected chi connectivity index (χ3v) is 6.07. The van der Waals surface area contributed by atoms with E-state index in [1.807, 2.05) is 41.3 Å². The molecule has 5 rings (SSSR count). The topological polar surface area (TPSA) is 74.6 Å². The van der Waals surface area contributed by atoms with E-state index in [4.69, 9.17) is 4.42 Å². The summed E-state index contributed by atoms with van der Waals surface area (Å²) in [6.45, 7) is 4.40. The zero-order valence-electron chi connectivity index (χ0n) is 17.4. The SMILES string of the molecule is CC1(C)CC(=O)C2=C(C1)Nc1ccccc1N(CC(=O)NC1CC1)C2c1ccco1. The molecule has 3 aliphatic rings. The number of para-hydroxylation sites is 2. The van der Waals surface area contributed by atoms with E-state index < -0.39 is 6.04 Å². The minimum Gasteiger partial charge on any atom is -0.467 e. The Hall–Kier alpha value is -3.02. The Morgan fingerprint density at radius 2 is 2.00 bits per heavy atom. The number of fused-ring (bicyclic) bond motifs is 1. The molecule has 6 nitrogen and oxygen atoms in total. The highest BCUT2D eigenvalue weighted by molar-refractivity contribution is 6.01. The summed E-state index contributed by atoms with van der Waals surface area (Å²) in [6.07, 6.45) is 4.94. The maximum Gasteiger partial charge on any atom is 0.239 e. The van der Waals surface area contributed by atoms with Gasteiger partial charge >= 0.3 is 0 Å². The second-order valence-corrected chi connectivity index (χ2v) is 9.36. The van der Waals surface area contributed by atoms with E-state index in [9.17, 15) is 9.59 Å². The molecule has 0 radical (unpaired) electrons. The zero-order valence-corrected chi connectivity index (χ0v) is 17.4. The molecule has 0 saturated heterocycles. The Morgan fingerprint density at radius 1 is 1.20 bits per heavy atom. The molecular formula is C24H27N3O3. The number of nitrogens with zero attached hydrogens (tertiary/aromatic N) is 1. The fourth-order valence-corrected chi connectivity index (χ4v) is 4.63. The van der Waals surface area contributed by atoms with Crippen molar-refractivity contribution < 1.29 is 14.0 Å². The van der Waals surface area contributed by atoms with E-state index in [1.165, 1.54) is 0 Å². The third kappa shape index (κ3) is 3.51. The molecule has 2 N–H and O–H groups in total. The average Bonchev–Trinajstić information content (AvgIpc) is 3.35. The van der Waals surface area contributed by atoms with Gasteiger partial charge in [-0.3, -0.25) is 9.59 Å². The fourth-order valence-electron chi connectivity index (χ4n) is 4.63. The van der Waals surface area contributed by atoms with Crippen LogP contribution in [-0.4, -0.2) is 24.3 Å². The van der Waals surface area contributed by atoms with Crippen LogP contribution < -0.4 is 15.5 Å². The number of amides is 1. The van der Waals surface area contributed by atoms with Crippen LogP contribution in [0.2, 0.25) is 0 Å². The second kappa shape index (κ2) is 7.04.